The van der Waals surface area contributed by atoms with Crippen LogP contribution in [-0.2, 0) is 11.3 Å². The third kappa shape index (κ3) is 3.43. The van der Waals surface area contributed by atoms with Crippen LogP contribution >= 0.6 is 11.8 Å². The molecule has 1 aliphatic heterocycles. The number of carbonyl (C=O) groups is 1. The maximum atomic E-state index is 13.0. The van der Waals surface area contributed by atoms with Gasteiger partial charge in [0, 0.05) is 26.3 Å². The normalized spacial score (nSPS) is 23.1. The van der Waals surface area contributed by atoms with Crippen LogP contribution in [0.4, 0.5) is 4.39 Å². The fourth-order valence-corrected chi connectivity index (χ4v) is 3.74. The number of aliphatic imine (C=N–C) groups is 1. The fourth-order valence-electron chi connectivity index (χ4n) is 2.49. The summed E-state index contributed by atoms with van der Waals surface area (Å²) >= 11 is 1.71. The molecule has 118 valence electrons. The Morgan fingerprint density at radius 1 is 1.41 bits per heavy atom. The Hall–Kier alpha value is -1.56. The fraction of sp³-hybridized carbons (Fsp3) is 0.500. The molecule has 2 fully saturated rings. The number of rotatable bonds is 4. The topological polar surface area (TPSA) is 35.9 Å². The molecule has 0 aromatic heterocycles. The minimum Gasteiger partial charge on any atom is -0.333 e. The molecule has 1 aromatic carbocycles. The molecule has 22 heavy (non-hydrogen) atoms. The van der Waals surface area contributed by atoms with Crippen molar-refractivity contribution < 1.29 is 9.18 Å². The van der Waals surface area contributed by atoms with Crippen LogP contribution in [0, 0.1) is 5.82 Å². The van der Waals surface area contributed by atoms with Crippen LogP contribution in [0.5, 0.6) is 0 Å². The van der Waals surface area contributed by atoms with E-state index < -0.39 is 0 Å². The van der Waals surface area contributed by atoms with E-state index in [0.29, 0.717) is 12.6 Å². The van der Waals surface area contributed by atoms with Gasteiger partial charge < -0.3 is 9.80 Å². The Labute approximate surface area is 134 Å². The highest BCUT2D eigenvalue weighted by Crippen LogP contribution is 2.31. The Morgan fingerprint density at radius 3 is 2.68 bits per heavy atom. The van der Waals surface area contributed by atoms with Crippen LogP contribution in [0.15, 0.2) is 29.3 Å². The predicted octanol–water partition coefficient (Wildman–Crippen LogP) is 2.70. The van der Waals surface area contributed by atoms with Gasteiger partial charge >= 0.3 is 0 Å². The van der Waals surface area contributed by atoms with E-state index in [4.69, 9.17) is 4.99 Å². The van der Waals surface area contributed by atoms with Gasteiger partial charge in [0.15, 0.2) is 5.17 Å². The number of hydrogen-bond donors (Lipinski definition) is 0. The number of carbonyl (C=O) groups excluding carboxylic acids is 1. The third-order valence-electron chi connectivity index (χ3n) is 3.98. The average molecular weight is 321 g/mol. The van der Waals surface area contributed by atoms with E-state index in [9.17, 15) is 9.18 Å². The summed E-state index contributed by atoms with van der Waals surface area (Å²) in [4.78, 5) is 20.7. The van der Waals surface area contributed by atoms with E-state index in [0.717, 1.165) is 16.5 Å². The molecule has 0 N–H and O–H groups in total. The van der Waals surface area contributed by atoms with Crippen molar-refractivity contribution in [3.05, 3.63) is 35.6 Å². The molecule has 1 saturated heterocycles. The quantitative estimate of drug-likeness (QED) is 0.855. The van der Waals surface area contributed by atoms with Crippen LogP contribution in [0.25, 0.3) is 0 Å². The maximum Gasteiger partial charge on any atom is 0.221 e. The van der Waals surface area contributed by atoms with Crippen molar-refractivity contribution in [3.8, 4) is 0 Å². The molecule has 3 rings (SSSR count). The Kier molecular flexibility index (Phi) is 4.38. The van der Waals surface area contributed by atoms with Gasteiger partial charge in [0.25, 0.3) is 0 Å². The molecular weight excluding hydrogens is 301 g/mol. The number of amidine groups is 1. The lowest BCUT2D eigenvalue weighted by Gasteiger charge is -2.32. The van der Waals surface area contributed by atoms with E-state index >= 15 is 0 Å². The summed E-state index contributed by atoms with van der Waals surface area (Å²) in [6, 6.07) is 6.80. The summed E-state index contributed by atoms with van der Waals surface area (Å²) < 4.78 is 13.0. The standard InChI is InChI=1S/C16H20FN3OS/c1-11(21)20(9-12-3-5-13(17)6-4-12)15-10-22-16(19(15)2)18-14-7-8-14/h3-6,14-15H,7-10H2,1-2H3. The molecular formula is C16H20FN3OS. The van der Waals surface area contributed by atoms with E-state index in [1.165, 1.54) is 25.0 Å². The molecule has 2 aliphatic rings. The van der Waals surface area contributed by atoms with Crippen molar-refractivity contribution in [2.75, 3.05) is 12.8 Å². The van der Waals surface area contributed by atoms with Crippen LogP contribution in [0.1, 0.15) is 25.3 Å². The van der Waals surface area contributed by atoms with Gasteiger partial charge in [-0.15, -0.1) is 0 Å². The summed E-state index contributed by atoms with van der Waals surface area (Å²) in [5, 5.41) is 1.03. The predicted molar refractivity (Wildman–Crippen MR) is 87.1 cm³/mol. The van der Waals surface area contributed by atoms with Crippen molar-refractivity contribution in [2.45, 2.75) is 38.5 Å². The molecule has 1 amide bonds. The molecule has 1 unspecified atom stereocenters. The Balaban J connectivity index is 1.73. The van der Waals surface area contributed by atoms with Gasteiger partial charge in [0.1, 0.15) is 12.0 Å². The van der Waals surface area contributed by atoms with Crippen LogP contribution in [-0.4, -0.2) is 45.9 Å². The highest BCUT2D eigenvalue weighted by Gasteiger charge is 2.35. The van der Waals surface area contributed by atoms with E-state index in [-0.39, 0.29) is 17.9 Å². The summed E-state index contributed by atoms with van der Waals surface area (Å²) in [6.07, 6.45) is 2.36. The molecule has 4 nitrogen and oxygen atoms in total. The molecule has 6 heteroatoms. The highest BCUT2D eigenvalue weighted by molar-refractivity contribution is 8.14. The molecule has 1 aromatic rings. The lowest BCUT2D eigenvalue weighted by Crippen LogP contribution is -2.47. The lowest BCUT2D eigenvalue weighted by molar-refractivity contribution is -0.133. The number of benzene rings is 1. The second-order valence-corrected chi connectivity index (χ2v) is 6.81. The number of nitrogens with zero attached hydrogens (tertiary/aromatic N) is 3. The van der Waals surface area contributed by atoms with Crippen LogP contribution < -0.4 is 0 Å². The summed E-state index contributed by atoms with van der Waals surface area (Å²) in [5.41, 5.74) is 0.933. The zero-order valence-corrected chi connectivity index (χ0v) is 13.6. The zero-order valence-electron chi connectivity index (χ0n) is 12.8. The van der Waals surface area contributed by atoms with E-state index in [1.54, 1.807) is 30.8 Å². The molecule has 1 saturated carbocycles. The minimum atomic E-state index is -0.259. The van der Waals surface area contributed by atoms with Crippen molar-refractivity contribution in [1.82, 2.24) is 9.80 Å². The van der Waals surface area contributed by atoms with Gasteiger partial charge in [-0.25, -0.2) is 4.39 Å². The summed E-state index contributed by atoms with van der Waals surface area (Å²) in [5.74, 6) is 0.586. The molecule has 0 spiro atoms. The molecule has 0 bridgehead atoms. The first-order chi connectivity index (χ1) is 10.5. The average Bonchev–Trinajstić information content (AvgIpc) is 3.23. The van der Waals surface area contributed by atoms with Crippen molar-refractivity contribution in [2.24, 2.45) is 4.99 Å². The zero-order chi connectivity index (χ0) is 15.7. The van der Waals surface area contributed by atoms with Crippen LogP contribution in [0.2, 0.25) is 0 Å². The monoisotopic (exact) mass is 321 g/mol. The van der Waals surface area contributed by atoms with Crippen LogP contribution in [0.3, 0.4) is 0 Å². The van der Waals surface area contributed by atoms with Gasteiger partial charge in [-0.2, -0.15) is 0 Å². The first kappa shape index (κ1) is 15.3. The summed E-state index contributed by atoms with van der Waals surface area (Å²) in [6.45, 7) is 2.07. The van der Waals surface area contributed by atoms with Gasteiger partial charge in [-0.05, 0) is 30.5 Å². The smallest absolute Gasteiger partial charge is 0.221 e. The van der Waals surface area contributed by atoms with Crippen molar-refractivity contribution in [1.29, 1.82) is 0 Å². The minimum absolute atomic E-state index is 0.00468. The first-order valence-electron chi connectivity index (χ1n) is 7.49. The Bertz CT molecular complexity index is 586. The SMILES string of the molecule is CC(=O)N(Cc1ccc(F)cc1)C1CSC(=NC2CC2)N1C. The molecule has 1 heterocycles. The van der Waals surface area contributed by atoms with Gasteiger partial charge in [0.2, 0.25) is 5.91 Å². The molecule has 1 aliphatic carbocycles. The van der Waals surface area contributed by atoms with E-state index in [1.807, 2.05) is 11.9 Å². The summed E-state index contributed by atoms with van der Waals surface area (Å²) in [7, 11) is 1.99. The van der Waals surface area contributed by atoms with E-state index in [2.05, 4.69) is 4.90 Å². The second kappa shape index (κ2) is 6.28. The Morgan fingerprint density at radius 2 is 2.09 bits per heavy atom. The molecule has 0 radical (unpaired) electrons. The van der Waals surface area contributed by atoms with Gasteiger partial charge in [0.05, 0.1) is 6.04 Å². The second-order valence-electron chi connectivity index (χ2n) is 5.82. The van der Waals surface area contributed by atoms with Crippen molar-refractivity contribution >= 4 is 22.8 Å². The largest absolute Gasteiger partial charge is 0.333 e. The van der Waals surface area contributed by atoms with Gasteiger partial charge in [-0.1, -0.05) is 23.9 Å². The van der Waals surface area contributed by atoms with Crippen molar-refractivity contribution in [3.63, 3.8) is 0 Å². The highest BCUT2D eigenvalue weighted by atomic mass is 32.2. The number of halogens is 1. The number of hydrogen-bond acceptors (Lipinski definition) is 3. The van der Waals surface area contributed by atoms with Gasteiger partial charge in [-0.3, -0.25) is 9.79 Å². The molecule has 1 atom stereocenters. The number of amides is 1. The first-order valence-corrected chi connectivity index (χ1v) is 8.48. The third-order valence-corrected chi connectivity index (χ3v) is 5.10. The number of thioether (sulfide) groups is 1. The maximum absolute atomic E-state index is 13.0. The lowest BCUT2D eigenvalue weighted by atomic mass is 10.2.